The molecule has 0 bridgehead atoms. The Morgan fingerprint density at radius 2 is 2.27 bits per heavy atom. The molecule has 0 radical (unpaired) electrons. The molecule has 1 aromatic heterocycles. The van der Waals surface area contributed by atoms with Gasteiger partial charge in [0.1, 0.15) is 5.58 Å². The highest BCUT2D eigenvalue weighted by Crippen LogP contribution is 2.20. The molecule has 0 aliphatic rings. The first-order chi connectivity index (χ1) is 7.31. The van der Waals surface area contributed by atoms with Gasteiger partial charge in [0, 0.05) is 17.5 Å². The SMILES string of the molecule is CC(C#N)NCc1coc2ccccc12. The minimum atomic E-state index is -0.140. The predicted molar refractivity (Wildman–Crippen MR) is 58.1 cm³/mol. The molecule has 0 aliphatic heterocycles. The van der Waals surface area contributed by atoms with E-state index in [1.807, 2.05) is 31.2 Å². The van der Waals surface area contributed by atoms with Crippen molar-refractivity contribution in [1.29, 1.82) is 5.26 Å². The van der Waals surface area contributed by atoms with Crippen LogP contribution in [-0.2, 0) is 6.54 Å². The lowest BCUT2D eigenvalue weighted by molar-refractivity contribution is 0.595. The molecule has 2 rings (SSSR count). The summed E-state index contributed by atoms with van der Waals surface area (Å²) >= 11 is 0. The highest BCUT2D eigenvalue weighted by molar-refractivity contribution is 5.80. The van der Waals surface area contributed by atoms with E-state index in [1.54, 1.807) is 6.26 Å². The third-order valence-corrected chi connectivity index (χ3v) is 2.35. The number of nitrogens with zero attached hydrogens (tertiary/aromatic N) is 1. The summed E-state index contributed by atoms with van der Waals surface area (Å²) in [4.78, 5) is 0. The third kappa shape index (κ3) is 2.00. The zero-order valence-corrected chi connectivity index (χ0v) is 8.53. The number of benzene rings is 1. The molecule has 0 saturated carbocycles. The molecule has 1 unspecified atom stereocenters. The van der Waals surface area contributed by atoms with E-state index in [4.69, 9.17) is 9.68 Å². The van der Waals surface area contributed by atoms with Gasteiger partial charge in [0.25, 0.3) is 0 Å². The molecule has 2 aromatic rings. The van der Waals surface area contributed by atoms with Gasteiger partial charge in [-0.25, -0.2) is 0 Å². The molecule has 1 heterocycles. The van der Waals surface area contributed by atoms with E-state index in [0.29, 0.717) is 6.54 Å². The van der Waals surface area contributed by atoms with Crippen LogP contribution in [0.25, 0.3) is 11.0 Å². The lowest BCUT2D eigenvalue weighted by Crippen LogP contribution is -2.23. The van der Waals surface area contributed by atoms with Crippen molar-refractivity contribution in [2.75, 3.05) is 0 Å². The number of para-hydroxylation sites is 1. The third-order valence-electron chi connectivity index (χ3n) is 2.35. The average molecular weight is 200 g/mol. The Hall–Kier alpha value is -1.79. The van der Waals surface area contributed by atoms with Crippen molar-refractivity contribution in [2.45, 2.75) is 19.5 Å². The molecule has 0 fully saturated rings. The minimum Gasteiger partial charge on any atom is -0.464 e. The summed E-state index contributed by atoms with van der Waals surface area (Å²) in [6.45, 7) is 2.49. The number of fused-ring (bicyclic) bond motifs is 1. The summed E-state index contributed by atoms with van der Waals surface area (Å²) < 4.78 is 5.39. The van der Waals surface area contributed by atoms with Crippen molar-refractivity contribution < 1.29 is 4.42 Å². The van der Waals surface area contributed by atoms with Crippen LogP contribution in [0.1, 0.15) is 12.5 Å². The second-order valence-corrected chi connectivity index (χ2v) is 3.49. The fourth-order valence-corrected chi connectivity index (χ4v) is 1.48. The molecule has 3 nitrogen and oxygen atoms in total. The monoisotopic (exact) mass is 200 g/mol. The molecule has 3 heteroatoms. The van der Waals surface area contributed by atoms with Crippen LogP contribution in [-0.4, -0.2) is 6.04 Å². The van der Waals surface area contributed by atoms with Crippen LogP contribution in [0.5, 0.6) is 0 Å². The number of nitriles is 1. The van der Waals surface area contributed by atoms with Crippen LogP contribution in [0.4, 0.5) is 0 Å². The van der Waals surface area contributed by atoms with Crippen LogP contribution >= 0.6 is 0 Å². The Kier molecular flexibility index (Phi) is 2.70. The van der Waals surface area contributed by atoms with Gasteiger partial charge in [-0.15, -0.1) is 0 Å². The zero-order valence-electron chi connectivity index (χ0n) is 8.53. The van der Waals surface area contributed by atoms with E-state index in [1.165, 1.54) is 0 Å². The highest BCUT2D eigenvalue weighted by atomic mass is 16.3. The Labute approximate surface area is 88.3 Å². The van der Waals surface area contributed by atoms with Gasteiger partial charge in [-0.2, -0.15) is 5.26 Å². The van der Waals surface area contributed by atoms with Gasteiger partial charge in [-0.1, -0.05) is 18.2 Å². The van der Waals surface area contributed by atoms with E-state index >= 15 is 0 Å². The quantitative estimate of drug-likeness (QED) is 0.827. The van der Waals surface area contributed by atoms with Gasteiger partial charge in [0.2, 0.25) is 0 Å². The number of hydrogen-bond donors (Lipinski definition) is 1. The van der Waals surface area contributed by atoms with Crippen LogP contribution in [0.15, 0.2) is 34.9 Å². The first-order valence-electron chi connectivity index (χ1n) is 4.89. The van der Waals surface area contributed by atoms with Gasteiger partial charge >= 0.3 is 0 Å². The number of nitrogens with one attached hydrogen (secondary N) is 1. The maximum absolute atomic E-state index is 8.64. The summed E-state index contributed by atoms with van der Waals surface area (Å²) in [7, 11) is 0. The molecule has 76 valence electrons. The summed E-state index contributed by atoms with van der Waals surface area (Å²) in [6, 6.07) is 9.88. The van der Waals surface area contributed by atoms with Crippen LogP contribution in [0.3, 0.4) is 0 Å². The summed E-state index contributed by atoms with van der Waals surface area (Å²) in [5, 5.41) is 12.9. The van der Waals surface area contributed by atoms with E-state index in [0.717, 1.165) is 16.5 Å². The Balaban J connectivity index is 2.19. The number of rotatable bonds is 3. The molecule has 0 saturated heterocycles. The van der Waals surface area contributed by atoms with Crippen molar-refractivity contribution in [1.82, 2.24) is 5.32 Å². The maximum Gasteiger partial charge on any atom is 0.134 e. The molecule has 1 aromatic carbocycles. The molecule has 15 heavy (non-hydrogen) atoms. The van der Waals surface area contributed by atoms with Crippen molar-refractivity contribution in [3.8, 4) is 6.07 Å². The zero-order chi connectivity index (χ0) is 10.7. The highest BCUT2D eigenvalue weighted by Gasteiger charge is 2.05. The van der Waals surface area contributed by atoms with E-state index < -0.39 is 0 Å². The second-order valence-electron chi connectivity index (χ2n) is 3.49. The maximum atomic E-state index is 8.64. The topological polar surface area (TPSA) is 49.0 Å². The lowest BCUT2D eigenvalue weighted by atomic mass is 10.2. The molecule has 0 aliphatic carbocycles. The van der Waals surface area contributed by atoms with Gasteiger partial charge in [-0.05, 0) is 13.0 Å². The first-order valence-corrected chi connectivity index (χ1v) is 4.89. The molecule has 0 amide bonds. The fraction of sp³-hybridized carbons (Fsp3) is 0.250. The second kappa shape index (κ2) is 4.16. The summed E-state index contributed by atoms with van der Waals surface area (Å²) in [5.41, 5.74) is 1.98. The van der Waals surface area contributed by atoms with Crippen molar-refractivity contribution in [3.63, 3.8) is 0 Å². The standard InChI is InChI=1S/C12H12N2O/c1-9(6-13)14-7-10-8-15-12-5-3-2-4-11(10)12/h2-5,8-9,14H,7H2,1H3. The number of hydrogen-bond acceptors (Lipinski definition) is 3. The number of furan rings is 1. The molecule has 1 N–H and O–H groups in total. The van der Waals surface area contributed by atoms with Gasteiger partial charge in [0.05, 0.1) is 18.4 Å². The van der Waals surface area contributed by atoms with Gasteiger partial charge in [0.15, 0.2) is 0 Å². The van der Waals surface area contributed by atoms with E-state index in [-0.39, 0.29) is 6.04 Å². The van der Waals surface area contributed by atoms with Gasteiger partial charge < -0.3 is 4.42 Å². The molecule has 1 atom stereocenters. The Morgan fingerprint density at radius 3 is 3.07 bits per heavy atom. The van der Waals surface area contributed by atoms with Gasteiger partial charge in [-0.3, -0.25) is 5.32 Å². The van der Waals surface area contributed by atoms with E-state index in [9.17, 15) is 0 Å². The molecule has 0 spiro atoms. The first kappa shape index (κ1) is 9.75. The van der Waals surface area contributed by atoms with E-state index in [2.05, 4.69) is 11.4 Å². The average Bonchev–Trinajstić information content (AvgIpc) is 2.69. The van der Waals surface area contributed by atoms with Crippen LogP contribution in [0, 0.1) is 11.3 Å². The van der Waals surface area contributed by atoms with Crippen LogP contribution < -0.4 is 5.32 Å². The molecular formula is C12H12N2O. The largest absolute Gasteiger partial charge is 0.464 e. The lowest BCUT2D eigenvalue weighted by Gasteiger charge is -2.03. The summed E-state index contributed by atoms with van der Waals surface area (Å²) in [5.74, 6) is 0. The van der Waals surface area contributed by atoms with Crippen molar-refractivity contribution >= 4 is 11.0 Å². The Morgan fingerprint density at radius 1 is 1.47 bits per heavy atom. The normalized spacial score (nSPS) is 12.5. The summed E-state index contributed by atoms with van der Waals surface area (Å²) in [6.07, 6.45) is 1.74. The van der Waals surface area contributed by atoms with Crippen molar-refractivity contribution in [2.24, 2.45) is 0 Å². The minimum absolute atomic E-state index is 0.140. The smallest absolute Gasteiger partial charge is 0.134 e. The Bertz CT molecular complexity index is 496. The van der Waals surface area contributed by atoms with Crippen LogP contribution in [0.2, 0.25) is 0 Å². The fourth-order valence-electron chi connectivity index (χ4n) is 1.48. The predicted octanol–water partition coefficient (Wildman–Crippen LogP) is 2.43. The van der Waals surface area contributed by atoms with Crippen molar-refractivity contribution in [3.05, 3.63) is 36.1 Å². The molecular weight excluding hydrogens is 188 g/mol.